The van der Waals surface area contributed by atoms with Gasteiger partial charge in [0.15, 0.2) is 0 Å². The predicted octanol–water partition coefficient (Wildman–Crippen LogP) is 4.91. The highest BCUT2D eigenvalue weighted by Crippen LogP contribution is 2.38. The number of morpholine rings is 1. The molecule has 3 aliphatic rings. The molecule has 0 bridgehead atoms. The lowest BCUT2D eigenvalue weighted by Gasteiger charge is -2.38. The van der Waals surface area contributed by atoms with Crippen molar-refractivity contribution in [2.24, 2.45) is 13.0 Å². The summed E-state index contributed by atoms with van der Waals surface area (Å²) in [6, 6.07) is 12.4. The molecule has 0 radical (unpaired) electrons. The summed E-state index contributed by atoms with van der Waals surface area (Å²) in [5, 5.41) is 10.2. The summed E-state index contributed by atoms with van der Waals surface area (Å²) >= 11 is 6.78. The number of nitrogens with one attached hydrogen (secondary N) is 1. The SMILES string of the molecule is Cn1c(-c2ccc(CCC(=O)O)cc2)c(Cl)c2ccc(S(=O)(=O)N[C@H]3CC[C@H](C(=O)N4CCOC[C@@H]4C4=CC4)CC3)cc21. The normalized spacial score (nSPS) is 22.4. The van der Waals surface area contributed by atoms with Gasteiger partial charge in [0.25, 0.3) is 0 Å². The molecule has 0 spiro atoms. The number of nitrogens with zero attached hydrogens (tertiary/aromatic N) is 2. The highest BCUT2D eigenvalue weighted by molar-refractivity contribution is 7.89. The van der Waals surface area contributed by atoms with E-state index in [2.05, 4.69) is 10.8 Å². The summed E-state index contributed by atoms with van der Waals surface area (Å²) in [7, 11) is -1.95. The van der Waals surface area contributed by atoms with Crippen molar-refractivity contribution in [3.05, 3.63) is 64.7 Å². The predicted molar refractivity (Wildman–Crippen MR) is 164 cm³/mol. The minimum Gasteiger partial charge on any atom is -0.481 e. The maximum Gasteiger partial charge on any atom is 0.303 e. The van der Waals surface area contributed by atoms with Crippen LogP contribution in [0.5, 0.6) is 0 Å². The second kappa shape index (κ2) is 12.1. The smallest absolute Gasteiger partial charge is 0.303 e. The van der Waals surface area contributed by atoms with Crippen LogP contribution in [-0.2, 0) is 37.8 Å². The van der Waals surface area contributed by atoms with Crippen LogP contribution in [0.3, 0.4) is 0 Å². The van der Waals surface area contributed by atoms with Crippen LogP contribution in [-0.4, -0.2) is 66.7 Å². The Balaban J connectivity index is 1.13. The van der Waals surface area contributed by atoms with Gasteiger partial charge >= 0.3 is 5.97 Å². The number of carbonyl (C=O) groups is 2. The number of sulfonamides is 1. The van der Waals surface area contributed by atoms with Gasteiger partial charge in [0.2, 0.25) is 15.9 Å². The molecule has 1 saturated heterocycles. The molecule has 1 atom stereocenters. The van der Waals surface area contributed by atoms with Gasteiger partial charge in [-0.05, 0) is 73.4 Å². The number of carboxylic acids is 1. The minimum atomic E-state index is -3.80. The second-order valence-corrected chi connectivity index (χ2v) is 13.9. The van der Waals surface area contributed by atoms with Gasteiger partial charge in [0.05, 0.1) is 40.4 Å². The molecule has 2 heterocycles. The monoisotopic (exact) mass is 625 g/mol. The Morgan fingerprint density at radius 3 is 2.49 bits per heavy atom. The lowest BCUT2D eigenvalue weighted by Crippen LogP contribution is -2.51. The molecular weight excluding hydrogens is 590 g/mol. The number of carboxylic acid groups (broad SMARTS) is 1. The van der Waals surface area contributed by atoms with Crippen molar-refractivity contribution >= 4 is 44.4 Å². The minimum absolute atomic E-state index is 0.0575. The lowest BCUT2D eigenvalue weighted by molar-refractivity contribution is -0.143. The quantitative estimate of drug-likeness (QED) is 0.326. The van der Waals surface area contributed by atoms with Crippen LogP contribution < -0.4 is 4.72 Å². The molecule has 2 N–H and O–H groups in total. The standard InChI is InChI=1S/C32H36ClN3O6S/c1-35-27-18-25(13-14-26(27)30(33)31(35)22-5-2-20(3-6-22)4-15-29(37)38)43(40,41)34-24-11-9-23(10-12-24)32(39)36-16-17-42-19-28(36)21-7-8-21/h2-3,5-7,13-14,18,23-24,28,34H,4,8-12,15-17,19H2,1H3,(H,37,38)/t23-,24-,28-/m1/s1. The van der Waals surface area contributed by atoms with E-state index < -0.39 is 16.0 Å². The number of halogens is 1. The maximum atomic E-state index is 13.5. The number of carbonyl (C=O) groups excluding carboxylic acids is 1. The molecule has 11 heteroatoms. The first-order valence-electron chi connectivity index (χ1n) is 14.8. The van der Waals surface area contributed by atoms with Gasteiger partial charge < -0.3 is 19.3 Å². The molecule has 1 aromatic heterocycles. The van der Waals surface area contributed by atoms with Gasteiger partial charge in [0.1, 0.15) is 0 Å². The zero-order valence-electron chi connectivity index (χ0n) is 24.1. The molecule has 2 fully saturated rings. The lowest BCUT2D eigenvalue weighted by atomic mass is 9.85. The van der Waals surface area contributed by atoms with Crippen LogP contribution in [0, 0.1) is 5.92 Å². The molecular formula is C32H36ClN3O6S. The molecule has 2 aliphatic carbocycles. The number of hydrogen-bond donors (Lipinski definition) is 2. The van der Waals surface area contributed by atoms with E-state index in [0.717, 1.165) is 28.6 Å². The summed E-state index contributed by atoms with van der Waals surface area (Å²) in [5.74, 6) is -0.765. The molecule has 43 heavy (non-hydrogen) atoms. The van der Waals surface area contributed by atoms with Crippen LogP contribution in [0.15, 0.2) is 59.0 Å². The van der Waals surface area contributed by atoms with E-state index in [4.69, 9.17) is 21.4 Å². The van der Waals surface area contributed by atoms with Gasteiger partial charge in [-0.1, -0.05) is 41.9 Å². The maximum absolute atomic E-state index is 13.5. The van der Waals surface area contributed by atoms with E-state index >= 15 is 0 Å². The molecule has 228 valence electrons. The Kier molecular flexibility index (Phi) is 8.39. The Labute approximate surface area is 256 Å². The molecule has 3 aromatic rings. The number of aromatic nitrogens is 1. The fourth-order valence-electron chi connectivity index (χ4n) is 6.42. The summed E-state index contributed by atoms with van der Waals surface area (Å²) in [6.45, 7) is 1.73. The van der Waals surface area contributed by atoms with Crippen molar-refractivity contribution < 1.29 is 27.9 Å². The molecule has 1 aliphatic heterocycles. The third kappa shape index (κ3) is 6.24. The van der Waals surface area contributed by atoms with Crippen molar-refractivity contribution in [3.63, 3.8) is 0 Å². The fraction of sp³-hybridized carbons (Fsp3) is 0.438. The Bertz CT molecular complexity index is 1690. The number of aryl methyl sites for hydroxylation is 2. The van der Waals surface area contributed by atoms with E-state index in [1.54, 1.807) is 18.2 Å². The van der Waals surface area contributed by atoms with Crippen LogP contribution in [0.2, 0.25) is 5.02 Å². The molecule has 1 amide bonds. The van der Waals surface area contributed by atoms with E-state index in [-0.39, 0.29) is 35.2 Å². The first kappa shape index (κ1) is 29.9. The number of amides is 1. The van der Waals surface area contributed by atoms with Gasteiger partial charge in [0, 0.05) is 37.4 Å². The number of allylic oxidation sites excluding steroid dienone is 1. The van der Waals surface area contributed by atoms with Gasteiger partial charge in [-0.25, -0.2) is 13.1 Å². The highest BCUT2D eigenvalue weighted by Gasteiger charge is 2.38. The van der Waals surface area contributed by atoms with Crippen molar-refractivity contribution in [1.29, 1.82) is 0 Å². The van der Waals surface area contributed by atoms with Gasteiger partial charge in [-0.3, -0.25) is 9.59 Å². The van der Waals surface area contributed by atoms with E-state index in [0.29, 0.717) is 62.4 Å². The van der Waals surface area contributed by atoms with Crippen molar-refractivity contribution in [1.82, 2.24) is 14.2 Å². The van der Waals surface area contributed by atoms with E-state index in [1.165, 1.54) is 5.57 Å². The summed E-state index contributed by atoms with van der Waals surface area (Å²) in [4.78, 5) is 26.4. The van der Waals surface area contributed by atoms with Crippen molar-refractivity contribution in [2.45, 2.75) is 61.9 Å². The summed E-state index contributed by atoms with van der Waals surface area (Å²) < 4.78 is 37.3. The zero-order chi connectivity index (χ0) is 30.3. The molecule has 1 saturated carbocycles. The summed E-state index contributed by atoms with van der Waals surface area (Å²) in [5.41, 5.74) is 4.50. The Morgan fingerprint density at radius 2 is 1.81 bits per heavy atom. The largest absolute Gasteiger partial charge is 0.481 e. The average molecular weight is 626 g/mol. The first-order chi connectivity index (χ1) is 20.6. The molecule has 0 unspecified atom stereocenters. The zero-order valence-corrected chi connectivity index (χ0v) is 25.7. The highest BCUT2D eigenvalue weighted by atomic mass is 35.5. The second-order valence-electron chi connectivity index (χ2n) is 11.8. The summed E-state index contributed by atoms with van der Waals surface area (Å²) in [6.07, 6.45) is 6.13. The molecule has 9 nitrogen and oxygen atoms in total. The number of benzene rings is 2. The van der Waals surface area contributed by atoms with E-state index in [9.17, 15) is 18.0 Å². The average Bonchev–Trinajstić information content (AvgIpc) is 3.82. The van der Waals surface area contributed by atoms with Crippen LogP contribution >= 0.6 is 11.6 Å². The van der Waals surface area contributed by atoms with Gasteiger partial charge in [-0.2, -0.15) is 0 Å². The third-order valence-corrected chi connectivity index (χ3v) is 10.9. The number of aliphatic carboxylic acids is 1. The van der Waals surface area contributed by atoms with Crippen molar-refractivity contribution in [3.8, 4) is 11.3 Å². The van der Waals surface area contributed by atoms with Crippen molar-refractivity contribution in [2.75, 3.05) is 19.8 Å². The topological polar surface area (TPSA) is 118 Å². The Morgan fingerprint density at radius 1 is 1.09 bits per heavy atom. The van der Waals surface area contributed by atoms with Crippen LogP contribution in [0.4, 0.5) is 0 Å². The first-order valence-corrected chi connectivity index (χ1v) is 16.7. The Hall–Kier alpha value is -3.18. The fourth-order valence-corrected chi connectivity index (χ4v) is 8.14. The third-order valence-electron chi connectivity index (χ3n) is 8.95. The molecule has 2 aromatic carbocycles. The van der Waals surface area contributed by atoms with E-state index in [1.807, 2.05) is 40.8 Å². The number of hydrogen-bond acceptors (Lipinski definition) is 5. The number of rotatable bonds is 9. The van der Waals surface area contributed by atoms with Gasteiger partial charge in [-0.15, -0.1) is 0 Å². The number of fused-ring (bicyclic) bond motifs is 1. The van der Waals surface area contributed by atoms with Crippen LogP contribution in [0.1, 0.15) is 44.1 Å². The van der Waals surface area contributed by atoms with Crippen LogP contribution in [0.25, 0.3) is 22.2 Å². The molecule has 6 rings (SSSR count). The number of ether oxygens (including phenoxy) is 1.